The SMILES string of the molecule is O=C(NCC12CCCC1CN(Cc1ccccc1)C2)OCc1ccccc1. The van der Waals surface area contributed by atoms with Crippen LogP contribution >= 0.6 is 0 Å². The van der Waals surface area contributed by atoms with Crippen molar-refractivity contribution in [3.05, 3.63) is 71.8 Å². The van der Waals surface area contributed by atoms with Gasteiger partial charge in [0, 0.05) is 31.6 Å². The van der Waals surface area contributed by atoms with E-state index in [9.17, 15) is 4.79 Å². The largest absolute Gasteiger partial charge is 0.445 e. The number of fused-ring (bicyclic) bond motifs is 1. The first-order chi connectivity index (χ1) is 13.2. The van der Waals surface area contributed by atoms with Crippen molar-refractivity contribution in [3.8, 4) is 0 Å². The van der Waals surface area contributed by atoms with Crippen molar-refractivity contribution in [2.45, 2.75) is 32.4 Å². The molecule has 1 saturated heterocycles. The number of nitrogens with zero attached hydrogens (tertiary/aromatic N) is 1. The third kappa shape index (κ3) is 4.33. The Balaban J connectivity index is 1.30. The second kappa shape index (κ2) is 8.13. The van der Waals surface area contributed by atoms with E-state index >= 15 is 0 Å². The van der Waals surface area contributed by atoms with Crippen LogP contribution in [0.5, 0.6) is 0 Å². The summed E-state index contributed by atoms with van der Waals surface area (Å²) in [5.41, 5.74) is 2.59. The number of benzene rings is 2. The molecular weight excluding hydrogens is 336 g/mol. The average Bonchev–Trinajstić information content (AvgIpc) is 3.23. The van der Waals surface area contributed by atoms with E-state index in [2.05, 4.69) is 40.5 Å². The number of nitrogens with one attached hydrogen (secondary N) is 1. The Labute approximate surface area is 161 Å². The smallest absolute Gasteiger partial charge is 0.407 e. The number of hydrogen-bond acceptors (Lipinski definition) is 3. The molecule has 0 bridgehead atoms. The zero-order valence-corrected chi connectivity index (χ0v) is 15.8. The predicted molar refractivity (Wildman–Crippen MR) is 106 cm³/mol. The summed E-state index contributed by atoms with van der Waals surface area (Å²) >= 11 is 0. The molecule has 142 valence electrons. The predicted octanol–water partition coefficient (Wildman–Crippen LogP) is 4.22. The molecule has 0 radical (unpaired) electrons. The molecule has 4 rings (SSSR count). The molecule has 1 aliphatic carbocycles. The third-order valence-electron chi connectivity index (χ3n) is 6.16. The lowest BCUT2D eigenvalue weighted by molar-refractivity contribution is 0.130. The molecule has 1 saturated carbocycles. The van der Waals surface area contributed by atoms with Crippen molar-refractivity contribution < 1.29 is 9.53 Å². The van der Waals surface area contributed by atoms with E-state index in [1.165, 1.54) is 24.8 Å². The van der Waals surface area contributed by atoms with Gasteiger partial charge in [-0.15, -0.1) is 0 Å². The summed E-state index contributed by atoms with van der Waals surface area (Å²) in [5, 5.41) is 3.05. The highest BCUT2D eigenvalue weighted by Gasteiger charge is 2.49. The van der Waals surface area contributed by atoms with Gasteiger partial charge in [0.1, 0.15) is 6.61 Å². The van der Waals surface area contributed by atoms with Crippen molar-refractivity contribution in [3.63, 3.8) is 0 Å². The van der Waals surface area contributed by atoms with Gasteiger partial charge in [0.25, 0.3) is 0 Å². The number of ether oxygens (including phenoxy) is 1. The van der Waals surface area contributed by atoms with Crippen LogP contribution in [0.4, 0.5) is 4.79 Å². The zero-order chi connectivity index (χ0) is 18.5. The van der Waals surface area contributed by atoms with Crippen LogP contribution in [-0.2, 0) is 17.9 Å². The minimum absolute atomic E-state index is 0.209. The fraction of sp³-hybridized carbons (Fsp3) is 0.435. The highest BCUT2D eigenvalue weighted by molar-refractivity contribution is 5.67. The van der Waals surface area contributed by atoms with Gasteiger partial charge in [-0.1, -0.05) is 67.1 Å². The van der Waals surface area contributed by atoms with Gasteiger partial charge in [0.15, 0.2) is 0 Å². The quantitative estimate of drug-likeness (QED) is 0.835. The van der Waals surface area contributed by atoms with Crippen molar-refractivity contribution in [1.29, 1.82) is 0 Å². The Hall–Kier alpha value is -2.33. The maximum absolute atomic E-state index is 12.2. The van der Waals surface area contributed by atoms with Gasteiger partial charge < -0.3 is 10.1 Å². The number of alkyl carbamates (subject to hydrolysis) is 1. The first-order valence-corrected chi connectivity index (χ1v) is 9.94. The van der Waals surface area contributed by atoms with Crippen LogP contribution in [0.2, 0.25) is 0 Å². The van der Waals surface area contributed by atoms with E-state index in [1.807, 2.05) is 30.3 Å². The second-order valence-electron chi connectivity index (χ2n) is 8.02. The zero-order valence-electron chi connectivity index (χ0n) is 15.8. The number of carbonyl (C=O) groups is 1. The number of carbonyl (C=O) groups excluding carboxylic acids is 1. The van der Waals surface area contributed by atoms with Crippen LogP contribution < -0.4 is 5.32 Å². The van der Waals surface area contributed by atoms with Crippen molar-refractivity contribution in [2.75, 3.05) is 19.6 Å². The van der Waals surface area contributed by atoms with Crippen LogP contribution in [-0.4, -0.2) is 30.6 Å². The molecule has 2 atom stereocenters. The molecular formula is C23H28N2O2. The Morgan fingerprint density at radius 3 is 2.52 bits per heavy atom. The first-order valence-electron chi connectivity index (χ1n) is 9.94. The highest BCUT2D eigenvalue weighted by atomic mass is 16.5. The molecule has 2 fully saturated rings. The van der Waals surface area contributed by atoms with Crippen LogP contribution in [0.3, 0.4) is 0 Å². The van der Waals surface area contributed by atoms with Gasteiger partial charge in [-0.2, -0.15) is 0 Å². The van der Waals surface area contributed by atoms with Gasteiger partial charge >= 0.3 is 6.09 Å². The van der Waals surface area contributed by atoms with E-state index in [4.69, 9.17) is 4.74 Å². The molecule has 1 aliphatic heterocycles. The van der Waals surface area contributed by atoms with E-state index in [1.54, 1.807) is 0 Å². The number of likely N-dealkylation sites (tertiary alicyclic amines) is 1. The molecule has 2 aromatic rings. The molecule has 1 heterocycles. The average molecular weight is 364 g/mol. The Morgan fingerprint density at radius 2 is 1.78 bits per heavy atom. The lowest BCUT2D eigenvalue weighted by Crippen LogP contribution is -2.40. The molecule has 1 N–H and O–H groups in total. The van der Waals surface area contributed by atoms with Gasteiger partial charge in [-0.3, -0.25) is 4.90 Å². The lowest BCUT2D eigenvalue weighted by Gasteiger charge is -2.29. The van der Waals surface area contributed by atoms with E-state index in [0.717, 1.165) is 31.7 Å². The van der Waals surface area contributed by atoms with Crippen LogP contribution in [0, 0.1) is 11.3 Å². The van der Waals surface area contributed by atoms with Crippen molar-refractivity contribution >= 4 is 6.09 Å². The summed E-state index contributed by atoms with van der Waals surface area (Å²) in [4.78, 5) is 14.7. The van der Waals surface area contributed by atoms with Crippen LogP contribution in [0.15, 0.2) is 60.7 Å². The summed E-state index contributed by atoms with van der Waals surface area (Å²) in [6, 6.07) is 20.5. The number of hydrogen-bond donors (Lipinski definition) is 1. The molecule has 0 aromatic heterocycles. The minimum Gasteiger partial charge on any atom is -0.445 e. The van der Waals surface area contributed by atoms with Gasteiger partial charge in [-0.25, -0.2) is 4.79 Å². The van der Waals surface area contributed by atoms with E-state index < -0.39 is 0 Å². The molecule has 4 heteroatoms. The molecule has 4 nitrogen and oxygen atoms in total. The topological polar surface area (TPSA) is 41.6 Å². The number of rotatable bonds is 6. The van der Waals surface area contributed by atoms with Crippen molar-refractivity contribution in [2.24, 2.45) is 11.3 Å². The molecule has 27 heavy (non-hydrogen) atoms. The summed E-state index contributed by atoms with van der Waals surface area (Å²) in [7, 11) is 0. The molecule has 1 amide bonds. The van der Waals surface area contributed by atoms with Crippen LogP contribution in [0.25, 0.3) is 0 Å². The summed E-state index contributed by atoms with van der Waals surface area (Å²) in [6.45, 7) is 4.23. The normalized spacial score (nSPS) is 24.5. The Bertz CT molecular complexity index is 749. The fourth-order valence-corrected chi connectivity index (χ4v) is 4.80. The van der Waals surface area contributed by atoms with Gasteiger partial charge in [0.2, 0.25) is 0 Å². The Morgan fingerprint density at radius 1 is 1.07 bits per heavy atom. The van der Waals surface area contributed by atoms with E-state index in [0.29, 0.717) is 12.5 Å². The Kier molecular flexibility index (Phi) is 5.44. The molecule has 2 aromatic carbocycles. The first kappa shape index (κ1) is 18.1. The van der Waals surface area contributed by atoms with Crippen molar-refractivity contribution in [1.82, 2.24) is 10.2 Å². The summed E-state index contributed by atoms with van der Waals surface area (Å²) < 4.78 is 5.39. The van der Waals surface area contributed by atoms with E-state index in [-0.39, 0.29) is 11.5 Å². The van der Waals surface area contributed by atoms with Gasteiger partial charge in [0.05, 0.1) is 0 Å². The molecule has 2 aliphatic rings. The summed E-state index contributed by atoms with van der Waals surface area (Å²) in [5.74, 6) is 0.677. The van der Waals surface area contributed by atoms with Gasteiger partial charge in [-0.05, 0) is 29.9 Å². The van der Waals surface area contributed by atoms with Crippen LogP contribution in [0.1, 0.15) is 30.4 Å². The molecule has 2 unspecified atom stereocenters. The maximum Gasteiger partial charge on any atom is 0.407 e. The fourth-order valence-electron chi connectivity index (χ4n) is 4.80. The lowest BCUT2D eigenvalue weighted by atomic mass is 9.81. The summed E-state index contributed by atoms with van der Waals surface area (Å²) in [6.07, 6.45) is 3.43. The second-order valence-corrected chi connectivity index (χ2v) is 8.02. The molecule has 0 spiro atoms. The highest BCUT2D eigenvalue weighted by Crippen LogP contribution is 2.48. The third-order valence-corrected chi connectivity index (χ3v) is 6.16. The standard InChI is InChI=1S/C23H28N2O2/c26-22(27-16-20-10-5-2-6-11-20)24-17-23-13-7-12-21(23)15-25(18-23)14-19-8-3-1-4-9-19/h1-6,8-11,21H,7,12-18H2,(H,24,26). The monoisotopic (exact) mass is 364 g/mol. The minimum atomic E-state index is -0.305. The number of amides is 1. The maximum atomic E-state index is 12.2.